The molecule has 0 aromatic heterocycles. The third kappa shape index (κ3) is 2.61. The smallest absolute Gasteiger partial charge is 0.245 e. The van der Waals surface area contributed by atoms with Gasteiger partial charge in [-0.25, -0.2) is 0 Å². The number of piperazine rings is 1. The molecule has 98 valence electrons. The summed E-state index contributed by atoms with van der Waals surface area (Å²) in [5.74, 6) is 0.183. The molecule has 1 aliphatic rings. The number of nitrogens with zero attached hydrogens (tertiary/aromatic N) is 1. The van der Waals surface area contributed by atoms with E-state index >= 15 is 0 Å². The summed E-state index contributed by atoms with van der Waals surface area (Å²) in [5.41, 5.74) is 0. The van der Waals surface area contributed by atoms with Crippen LogP contribution in [0, 0.1) is 5.92 Å². The van der Waals surface area contributed by atoms with Crippen LogP contribution in [-0.2, 0) is 9.59 Å². The third-order valence-electron chi connectivity index (χ3n) is 3.52. The zero-order valence-corrected chi connectivity index (χ0v) is 11.5. The molecule has 4 heteroatoms. The van der Waals surface area contributed by atoms with E-state index in [9.17, 15) is 9.59 Å². The molecule has 0 spiro atoms. The minimum atomic E-state index is -0.391. The van der Waals surface area contributed by atoms with Gasteiger partial charge in [-0.2, -0.15) is 0 Å². The second kappa shape index (κ2) is 5.52. The first-order valence-electron chi connectivity index (χ1n) is 6.56. The highest BCUT2D eigenvalue weighted by atomic mass is 16.2. The number of rotatable bonds is 4. The van der Waals surface area contributed by atoms with Crippen LogP contribution >= 0.6 is 0 Å². The maximum Gasteiger partial charge on any atom is 0.245 e. The van der Waals surface area contributed by atoms with E-state index in [2.05, 4.69) is 19.2 Å². The van der Waals surface area contributed by atoms with Crippen molar-refractivity contribution in [1.29, 1.82) is 0 Å². The van der Waals surface area contributed by atoms with Gasteiger partial charge in [0.05, 0.1) is 0 Å². The molecule has 1 rings (SSSR count). The van der Waals surface area contributed by atoms with Crippen molar-refractivity contribution in [3.05, 3.63) is 0 Å². The topological polar surface area (TPSA) is 49.4 Å². The second-order valence-corrected chi connectivity index (χ2v) is 5.13. The lowest BCUT2D eigenvalue weighted by Crippen LogP contribution is -2.66. The van der Waals surface area contributed by atoms with Gasteiger partial charge in [-0.15, -0.1) is 0 Å². The van der Waals surface area contributed by atoms with Gasteiger partial charge in [0.2, 0.25) is 11.8 Å². The van der Waals surface area contributed by atoms with Crippen molar-refractivity contribution in [2.24, 2.45) is 5.92 Å². The molecule has 0 aromatic carbocycles. The molecule has 1 heterocycles. The van der Waals surface area contributed by atoms with Crippen LogP contribution in [0.4, 0.5) is 0 Å². The van der Waals surface area contributed by atoms with Crippen LogP contribution in [0.2, 0.25) is 0 Å². The van der Waals surface area contributed by atoms with E-state index < -0.39 is 6.04 Å². The zero-order valence-electron chi connectivity index (χ0n) is 11.5. The average molecular weight is 240 g/mol. The Morgan fingerprint density at radius 2 is 1.76 bits per heavy atom. The molecule has 17 heavy (non-hydrogen) atoms. The van der Waals surface area contributed by atoms with Crippen LogP contribution in [0.5, 0.6) is 0 Å². The molecule has 1 aliphatic heterocycles. The Kier molecular flexibility index (Phi) is 4.54. The number of hydrogen-bond donors (Lipinski definition) is 1. The summed E-state index contributed by atoms with van der Waals surface area (Å²) in [4.78, 5) is 26.1. The maximum absolute atomic E-state index is 12.3. The fourth-order valence-corrected chi connectivity index (χ4v) is 2.56. The number of carbonyl (C=O) groups is 2. The fourth-order valence-electron chi connectivity index (χ4n) is 2.56. The van der Waals surface area contributed by atoms with E-state index in [4.69, 9.17) is 0 Å². The summed E-state index contributed by atoms with van der Waals surface area (Å²) in [6.07, 6.45) is 1.79. The van der Waals surface area contributed by atoms with Crippen LogP contribution in [-0.4, -0.2) is 34.8 Å². The molecular formula is C13H24N2O2. The monoisotopic (exact) mass is 240 g/mol. The Hall–Kier alpha value is -1.06. The van der Waals surface area contributed by atoms with Gasteiger partial charge < -0.3 is 10.2 Å². The Labute approximate surface area is 104 Å². The number of carbonyl (C=O) groups excluding carboxylic acids is 2. The molecule has 2 atom stereocenters. The van der Waals surface area contributed by atoms with Crippen molar-refractivity contribution in [1.82, 2.24) is 10.2 Å². The highest BCUT2D eigenvalue weighted by molar-refractivity contribution is 5.97. The highest BCUT2D eigenvalue weighted by Gasteiger charge is 2.42. The Bertz CT molecular complexity index is 298. The van der Waals surface area contributed by atoms with Crippen molar-refractivity contribution in [3.63, 3.8) is 0 Å². The lowest BCUT2D eigenvalue weighted by molar-refractivity contribution is -0.153. The van der Waals surface area contributed by atoms with Gasteiger partial charge >= 0.3 is 0 Å². The predicted octanol–water partition coefficient (Wildman–Crippen LogP) is 1.55. The normalized spacial score (nSPS) is 25.7. The SMILES string of the molecule is CCC(CC)N1C(=O)C(C)NC(=O)C1C(C)C. The molecule has 1 N–H and O–H groups in total. The summed E-state index contributed by atoms with van der Waals surface area (Å²) in [6.45, 7) is 9.87. The number of amides is 2. The molecule has 1 saturated heterocycles. The predicted molar refractivity (Wildman–Crippen MR) is 67.4 cm³/mol. The second-order valence-electron chi connectivity index (χ2n) is 5.13. The Morgan fingerprint density at radius 3 is 2.18 bits per heavy atom. The molecule has 0 aromatic rings. The number of hydrogen-bond acceptors (Lipinski definition) is 2. The van der Waals surface area contributed by atoms with Gasteiger partial charge in [-0.1, -0.05) is 27.7 Å². The van der Waals surface area contributed by atoms with Crippen LogP contribution < -0.4 is 5.32 Å². The minimum absolute atomic E-state index is 0.0148. The molecule has 0 saturated carbocycles. The largest absolute Gasteiger partial charge is 0.343 e. The van der Waals surface area contributed by atoms with Crippen molar-refractivity contribution in [3.8, 4) is 0 Å². The molecule has 0 radical (unpaired) electrons. The van der Waals surface area contributed by atoms with Gasteiger partial charge in [0.15, 0.2) is 0 Å². The van der Waals surface area contributed by atoms with Gasteiger partial charge in [0, 0.05) is 6.04 Å². The van der Waals surface area contributed by atoms with E-state index in [0.29, 0.717) is 0 Å². The summed E-state index contributed by atoms with van der Waals surface area (Å²) >= 11 is 0. The van der Waals surface area contributed by atoms with E-state index in [1.165, 1.54) is 0 Å². The van der Waals surface area contributed by atoms with Crippen LogP contribution in [0.15, 0.2) is 0 Å². The molecule has 0 aliphatic carbocycles. The van der Waals surface area contributed by atoms with Gasteiger partial charge in [0.1, 0.15) is 12.1 Å². The van der Waals surface area contributed by atoms with E-state index in [1.807, 2.05) is 18.7 Å². The minimum Gasteiger partial charge on any atom is -0.343 e. The summed E-state index contributed by atoms with van der Waals surface area (Å²) in [5, 5.41) is 2.76. The van der Waals surface area contributed by atoms with Crippen molar-refractivity contribution < 1.29 is 9.59 Å². The number of nitrogens with one attached hydrogen (secondary N) is 1. The summed E-state index contributed by atoms with van der Waals surface area (Å²) in [7, 11) is 0. The van der Waals surface area contributed by atoms with E-state index in [-0.39, 0.29) is 29.8 Å². The fraction of sp³-hybridized carbons (Fsp3) is 0.846. The maximum atomic E-state index is 12.3. The standard InChI is InChI=1S/C13H24N2O2/c1-6-10(7-2)15-11(8(3)4)12(16)14-9(5)13(15)17/h8-11H,6-7H2,1-5H3,(H,14,16). The van der Waals surface area contributed by atoms with E-state index in [1.54, 1.807) is 6.92 Å². The first-order valence-corrected chi connectivity index (χ1v) is 6.56. The van der Waals surface area contributed by atoms with E-state index in [0.717, 1.165) is 12.8 Å². The molecule has 4 nitrogen and oxygen atoms in total. The van der Waals surface area contributed by atoms with Gasteiger partial charge in [-0.3, -0.25) is 9.59 Å². The van der Waals surface area contributed by atoms with Crippen molar-refractivity contribution >= 4 is 11.8 Å². The summed E-state index contributed by atoms with van der Waals surface area (Å²) < 4.78 is 0. The quantitative estimate of drug-likeness (QED) is 0.810. The van der Waals surface area contributed by atoms with Crippen LogP contribution in [0.25, 0.3) is 0 Å². The van der Waals surface area contributed by atoms with Crippen molar-refractivity contribution in [2.45, 2.75) is 65.6 Å². The highest BCUT2D eigenvalue weighted by Crippen LogP contribution is 2.23. The van der Waals surface area contributed by atoms with Gasteiger partial charge in [0.25, 0.3) is 0 Å². The van der Waals surface area contributed by atoms with Crippen LogP contribution in [0.3, 0.4) is 0 Å². The first-order chi connectivity index (χ1) is 7.93. The molecule has 1 fully saturated rings. The Morgan fingerprint density at radius 1 is 1.24 bits per heavy atom. The molecule has 2 amide bonds. The van der Waals surface area contributed by atoms with Crippen molar-refractivity contribution in [2.75, 3.05) is 0 Å². The Balaban J connectivity index is 3.05. The third-order valence-corrected chi connectivity index (χ3v) is 3.52. The zero-order chi connectivity index (χ0) is 13.2. The lowest BCUT2D eigenvalue weighted by atomic mass is 9.94. The molecule has 2 unspecified atom stereocenters. The molecular weight excluding hydrogens is 216 g/mol. The van der Waals surface area contributed by atoms with Crippen LogP contribution in [0.1, 0.15) is 47.5 Å². The first kappa shape index (κ1) is 14.0. The average Bonchev–Trinajstić information content (AvgIpc) is 2.25. The lowest BCUT2D eigenvalue weighted by Gasteiger charge is -2.44. The molecule has 0 bridgehead atoms. The summed E-state index contributed by atoms with van der Waals surface area (Å²) in [6, 6.07) is -0.537. The van der Waals surface area contributed by atoms with Gasteiger partial charge in [-0.05, 0) is 25.7 Å².